The van der Waals surface area contributed by atoms with Gasteiger partial charge in [0.2, 0.25) is 0 Å². The lowest BCUT2D eigenvalue weighted by molar-refractivity contribution is -0.139. The van der Waals surface area contributed by atoms with Crippen molar-refractivity contribution in [1.29, 1.82) is 0 Å². The van der Waals surface area contributed by atoms with E-state index in [0.717, 1.165) is 6.42 Å². The number of imidazole rings is 1. The number of likely N-dealkylation sites (tertiary alicyclic amines) is 1. The summed E-state index contributed by atoms with van der Waals surface area (Å²) < 4.78 is 18.4. The molecule has 37 heavy (non-hydrogen) atoms. The van der Waals surface area contributed by atoms with Crippen LogP contribution in [0.1, 0.15) is 36.9 Å². The molecule has 2 aromatic carbocycles. The molecule has 9 nitrogen and oxygen atoms in total. The van der Waals surface area contributed by atoms with Crippen LogP contribution in [-0.2, 0) is 16.1 Å². The molecule has 9 heteroatoms. The molecular weight excluding hydrogens is 474 g/mol. The molecule has 0 radical (unpaired) electrons. The third kappa shape index (κ3) is 5.45. The number of aromatic nitrogens is 2. The normalized spacial score (nSPS) is 16.7. The lowest BCUT2D eigenvalue weighted by Gasteiger charge is -2.26. The maximum absolute atomic E-state index is 13.3. The number of Topliss-reactive ketones (excluding diaryl/α,β-unsaturated/α-hetero) is 1. The Balaban J connectivity index is 1.75. The summed E-state index contributed by atoms with van der Waals surface area (Å²) in [5.74, 6) is 0.0377. The Morgan fingerprint density at radius 1 is 1.03 bits per heavy atom. The molecular formula is C28H31N3O6. The number of carbonyl (C=O) groups is 2. The summed E-state index contributed by atoms with van der Waals surface area (Å²) in [6, 6.07) is 11.2. The van der Waals surface area contributed by atoms with Crippen molar-refractivity contribution in [1.82, 2.24) is 14.5 Å². The van der Waals surface area contributed by atoms with Crippen LogP contribution in [0.3, 0.4) is 0 Å². The second-order valence-corrected chi connectivity index (χ2v) is 8.63. The van der Waals surface area contributed by atoms with Crippen molar-refractivity contribution in [2.45, 2.75) is 32.4 Å². The fourth-order valence-corrected chi connectivity index (χ4v) is 4.39. The first-order chi connectivity index (χ1) is 18.0. The van der Waals surface area contributed by atoms with Crippen LogP contribution in [0.25, 0.3) is 5.76 Å². The van der Waals surface area contributed by atoms with Crippen molar-refractivity contribution in [2.24, 2.45) is 0 Å². The Labute approximate surface area is 215 Å². The number of aliphatic hydroxyl groups excluding tert-OH is 1. The Morgan fingerprint density at radius 2 is 1.81 bits per heavy atom. The van der Waals surface area contributed by atoms with Crippen LogP contribution >= 0.6 is 0 Å². The molecule has 1 fully saturated rings. The highest BCUT2D eigenvalue weighted by atomic mass is 16.5. The summed E-state index contributed by atoms with van der Waals surface area (Å²) in [6.45, 7) is 3.47. The number of ether oxygens (including phenoxy) is 3. The van der Waals surface area contributed by atoms with Gasteiger partial charge in [0.05, 0.1) is 38.8 Å². The summed E-state index contributed by atoms with van der Waals surface area (Å²) in [5.41, 5.74) is 1.08. The molecule has 1 aromatic heterocycles. The fourth-order valence-electron chi connectivity index (χ4n) is 4.39. The van der Waals surface area contributed by atoms with Crippen molar-refractivity contribution in [3.8, 4) is 17.2 Å². The minimum Gasteiger partial charge on any atom is -0.507 e. The zero-order valence-electron chi connectivity index (χ0n) is 21.2. The molecule has 0 bridgehead atoms. The van der Waals surface area contributed by atoms with E-state index in [2.05, 4.69) is 4.98 Å². The van der Waals surface area contributed by atoms with Crippen LogP contribution in [0, 0.1) is 0 Å². The van der Waals surface area contributed by atoms with Gasteiger partial charge in [0.15, 0.2) is 11.5 Å². The minimum atomic E-state index is -0.793. The number of methoxy groups -OCH3 is 2. The molecule has 0 unspecified atom stereocenters. The largest absolute Gasteiger partial charge is 0.507 e. The quantitative estimate of drug-likeness (QED) is 0.237. The highest BCUT2D eigenvalue weighted by Crippen LogP contribution is 2.42. The highest BCUT2D eigenvalue weighted by Gasteiger charge is 2.46. The maximum atomic E-state index is 13.3. The summed E-state index contributed by atoms with van der Waals surface area (Å²) in [7, 11) is 3.09. The van der Waals surface area contributed by atoms with E-state index >= 15 is 0 Å². The van der Waals surface area contributed by atoms with Crippen molar-refractivity contribution in [3.63, 3.8) is 0 Å². The van der Waals surface area contributed by atoms with Crippen LogP contribution < -0.4 is 14.2 Å². The number of carbonyl (C=O) groups excluding carboxylic acids is 2. The van der Waals surface area contributed by atoms with Crippen LogP contribution in [-0.4, -0.2) is 58.6 Å². The first-order valence-corrected chi connectivity index (χ1v) is 12.2. The van der Waals surface area contributed by atoms with E-state index < -0.39 is 17.7 Å². The number of nitrogens with zero attached hydrogens (tertiary/aromatic N) is 3. The zero-order chi connectivity index (χ0) is 26.4. The third-order valence-electron chi connectivity index (χ3n) is 6.24. The molecule has 1 atom stereocenters. The smallest absolute Gasteiger partial charge is 0.295 e. The van der Waals surface area contributed by atoms with Crippen molar-refractivity contribution in [2.75, 3.05) is 27.4 Å². The van der Waals surface area contributed by atoms with E-state index in [1.54, 1.807) is 62.1 Å². The Morgan fingerprint density at radius 3 is 2.46 bits per heavy atom. The molecule has 1 aliphatic heterocycles. The second kappa shape index (κ2) is 11.6. The average Bonchev–Trinajstić information content (AvgIpc) is 3.54. The number of aliphatic hydroxyl groups is 1. The Bertz CT molecular complexity index is 1270. The fraction of sp³-hybridized carbons (Fsp3) is 0.321. The molecule has 4 rings (SSSR count). The van der Waals surface area contributed by atoms with Gasteiger partial charge in [0.25, 0.3) is 11.7 Å². The van der Waals surface area contributed by atoms with Crippen molar-refractivity contribution < 1.29 is 28.9 Å². The van der Waals surface area contributed by atoms with Gasteiger partial charge in [-0.2, -0.15) is 0 Å². The number of hydrogen-bond acceptors (Lipinski definition) is 7. The van der Waals surface area contributed by atoms with Gasteiger partial charge in [-0.25, -0.2) is 4.98 Å². The maximum Gasteiger partial charge on any atom is 0.295 e. The van der Waals surface area contributed by atoms with Gasteiger partial charge in [0, 0.05) is 31.0 Å². The van der Waals surface area contributed by atoms with Crippen LogP contribution in [0.4, 0.5) is 0 Å². The molecule has 2 heterocycles. The third-order valence-corrected chi connectivity index (χ3v) is 6.24. The molecule has 1 N–H and O–H groups in total. The van der Waals surface area contributed by atoms with E-state index in [4.69, 9.17) is 14.2 Å². The topological polar surface area (TPSA) is 103 Å². The zero-order valence-corrected chi connectivity index (χ0v) is 21.2. The number of rotatable bonds is 11. The van der Waals surface area contributed by atoms with Crippen LogP contribution in [0.5, 0.6) is 17.2 Å². The van der Waals surface area contributed by atoms with Crippen LogP contribution in [0.15, 0.2) is 66.8 Å². The summed E-state index contributed by atoms with van der Waals surface area (Å²) in [6.07, 6.45) is 6.67. The van der Waals surface area contributed by atoms with E-state index in [-0.39, 0.29) is 11.3 Å². The predicted octanol–water partition coefficient (Wildman–Crippen LogP) is 4.20. The molecule has 3 aromatic rings. The number of hydrogen-bond donors (Lipinski definition) is 1. The highest BCUT2D eigenvalue weighted by molar-refractivity contribution is 6.46. The van der Waals surface area contributed by atoms with E-state index in [1.165, 1.54) is 12.0 Å². The van der Waals surface area contributed by atoms with Gasteiger partial charge in [-0.05, 0) is 54.8 Å². The van der Waals surface area contributed by atoms with E-state index in [0.29, 0.717) is 54.5 Å². The van der Waals surface area contributed by atoms with Gasteiger partial charge in [-0.3, -0.25) is 9.59 Å². The van der Waals surface area contributed by atoms with E-state index in [1.807, 2.05) is 17.7 Å². The van der Waals surface area contributed by atoms with E-state index in [9.17, 15) is 14.7 Å². The summed E-state index contributed by atoms with van der Waals surface area (Å²) in [4.78, 5) is 32.1. The molecule has 1 aliphatic rings. The standard InChI is InChI=1S/C28H31N3O6/c1-4-16-37-22-11-8-20(17-23(22)36-3)25-24(26(32)19-6-9-21(35-2)10-7-19)27(33)28(34)31(25)14-5-13-30-15-12-29-18-30/h6-12,15,17-18,25,32H,4-5,13-14,16H2,1-3H3/t25-/m0/s1. The molecule has 1 amide bonds. The predicted molar refractivity (Wildman–Crippen MR) is 138 cm³/mol. The first-order valence-electron chi connectivity index (χ1n) is 12.2. The molecule has 194 valence electrons. The van der Waals surface area contributed by atoms with Gasteiger partial charge < -0.3 is 28.8 Å². The summed E-state index contributed by atoms with van der Waals surface area (Å²) >= 11 is 0. The molecule has 0 saturated carbocycles. The molecule has 0 aliphatic carbocycles. The minimum absolute atomic E-state index is 0.0297. The number of ketones is 1. The Hall–Kier alpha value is -4.27. The number of benzene rings is 2. The summed E-state index contributed by atoms with van der Waals surface area (Å²) in [5, 5.41) is 11.3. The molecule has 1 saturated heterocycles. The molecule has 0 spiro atoms. The van der Waals surface area contributed by atoms with Gasteiger partial charge in [0.1, 0.15) is 11.5 Å². The Kier molecular flexibility index (Phi) is 8.12. The van der Waals surface area contributed by atoms with Crippen LogP contribution in [0.2, 0.25) is 0 Å². The van der Waals surface area contributed by atoms with Gasteiger partial charge in [-0.1, -0.05) is 13.0 Å². The average molecular weight is 506 g/mol. The SMILES string of the molecule is CCCOc1ccc([C@H]2C(=C(O)c3ccc(OC)cc3)C(=O)C(=O)N2CCCn2ccnc2)cc1OC. The first kappa shape index (κ1) is 25.8. The second-order valence-electron chi connectivity index (χ2n) is 8.63. The number of aryl methyl sites for hydroxylation is 1. The monoisotopic (exact) mass is 505 g/mol. The van der Waals surface area contributed by atoms with Crippen molar-refractivity contribution >= 4 is 17.4 Å². The van der Waals surface area contributed by atoms with Gasteiger partial charge in [-0.15, -0.1) is 0 Å². The lowest BCUT2D eigenvalue weighted by Crippen LogP contribution is -2.31. The van der Waals surface area contributed by atoms with Crippen molar-refractivity contribution in [3.05, 3.63) is 77.9 Å². The lowest BCUT2D eigenvalue weighted by atomic mass is 9.95. The number of amides is 1. The van der Waals surface area contributed by atoms with Gasteiger partial charge >= 0.3 is 0 Å².